The Labute approximate surface area is 108 Å². The second-order valence-corrected chi connectivity index (χ2v) is 4.91. The van der Waals surface area contributed by atoms with Gasteiger partial charge in [0, 0.05) is 19.6 Å². The monoisotopic (exact) mass is 251 g/mol. The van der Waals surface area contributed by atoms with Crippen molar-refractivity contribution in [3.63, 3.8) is 0 Å². The highest BCUT2D eigenvalue weighted by molar-refractivity contribution is 5.27. The van der Waals surface area contributed by atoms with E-state index in [2.05, 4.69) is 4.90 Å². The van der Waals surface area contributed by atoms with Gasteiger partial charge in [0.25, 0.3) is 0 Å². The summed E-state index contributed by atoms with van der Waals surface area (Å²) < 4.78 is 5.65. The topological polar surface area (TPSA) is 52.9 Å². The quantitative estimate of drug-likeness (QED) is 0.760. The van der Waals surface area contributed by atoms with Crippen LogP contribution in [0.4, 0.5) is 0 Å². The average molecular weight is 251 g/mol. The summed E-state index contributed by atoms with van der Waals surface area (Å²) >= 11 is 0. The van der Waals surface area contributed by atoms with Gasteiger partial charge in [-0.3, -0.25) is 4.90 Å². The fourth-order valence-corrected chi connectivity index (χ4v) is 2.21. The van der Waals surface area contributed by atoms with Crippen molar-refractivity contribution in [2.75, 3.05) is 26.2 Å². The first-order chi connectivity index (χ1) is 8.65. The third-order valence-corrected chi connectivity index (χ3v) is 3.21. The molecular formula is C14H21NO3. The van der Waals surface area contributed by atoms with Gasteiger partial charge in [-0.2, -0.15) is 0 Å². The SMILES string of the molecule is Cc1cccc(OCCCN2CC(O)C(O)C2)c1. The Hall–Kier alpha value is -1.10. The number of aliphatic hydroxyl groups is 2. The molecule has 0 radical (unpaired) electrons. The minimum atomic E-state index is -0.595. The summed E-state index contributed by atoms with van der Waals surface area (Å²) in [6.45, 7) is 4.67. The third-order valence-electron chi connectivity index (χ3n) is 3.21. The minimum Gasteiger partial charge on any atom is -0.494 e. The van der Waals surface area contributed by atoms with E-state index in [0.717, 1.165) is 18.7 Å². The van der Waals surface area contributed by atoms with E-state index in [9.17, 15) is 10.2 Å². The molecule has 4 heteroatoms. The van der Waals surface area contributed by atoms with Crippen LogP contribution in [0.5, 0.6) is 5.75 Å². The Kier molecular flexibility index (Phi) is 4.58. The maximum atomic E-state index is 9.41. The minimum absolute atomic E-state index is 0.561. The van der Waals surface area contributed by atoms with E-state index in [1.54, 1.807) is 0 Å². The molecule has 0 aromatic heterocycles. The normalized spacial score (nSPS) is 24.4. The van der Waals surface area contributed by atoms with Gasteiger partial charge in [0.05, 0.1) is 18.8 Å². The first-order valence-corrected chi connectivity index (χ1v) is 6.43. The summed E-state index contributed by atoms with van der Waals surface area (Å²) in [6.07, 6.45) is -0.293. The number of hydrogen-bond donors (Lipinski definition) is 2. The first-order valence-electron chi connectivity index (χ1n) is 6.43. The highest BCUT2D eigenvalue weighted by Gasteiger charge is 2.28. The summed E-state index contributed by atoms with van der Waals surface area (Å²) in [5.74, 6) is 0.900. The molecule has 0 bridgehead atoms. The molecule has 1 fully saturated rings. The van der Waals surface area contributed by atoms with Gasteiger partial charge in [0.1, 0.15) is 5.75 Å². The van der Waals surface area contributed by atoms with Crippen molar-refractivity contribution in [2.45, 2.75) is 25.6 Å². The van der Waals surface area contributed by atoms with Crippen molar-refractivity contribution in [3.8, 4) is 5.75 Å². The lowest BCUT2D eigenvalue weighted by atomic mass is 10.2. The zero-order chi connectivity index (χ0) is 13.0. The van der Waals surface area contributed by atoms with Gasteiger partial charge in [-0.15, -0.1) is 0 Å². The lowest BCUT2D eigenvalue weighted by Gasteiger charge is -2.14. The second-order valence-electron chi connectivity index (χ2n) is 4.91. The number of β-amino-alcohol motifs (C(OH)–C–C–N with tert-alkyl or cyclic N) is 2. The van der Waals surface area contributed by atoms with Crippen LogP contribution in [-0.2, 0) is 0 Å². The largest absolute Gasteiger partial charge is 0.494 e. The van der Waals surface area contributed by atoms with Gasteiger partial charge in [-0.1, -0.05) is 12.1 Å². The van der Waals surface area contributed by atoms with Crippen molar-refractivity contribution < 1.29 is 14.9 Å². The Morgan fingerprint density at radius 2 is 2.00 bits per heavy atom. The molecule has 1 aromatic carbocycles. The molecule has 1 heterocycles. The van der Waals surface area contributed by atoms with Crippen LogP contribution in [0.15, 0.2) is 24.3 Å². The molecule has 100 valence electrons. The molecule has 1 aliphatic rings. The summed E-state index contributed by atoms with van der Waals surface area (Å²) in [5, 5.41) is 18.8. The van der Waals surface area contributed by atoms with E-state index in [1.807, 2.05) is 31.2 Å². The third kappa shape index (κ3) is 3.70. The molecule has 0 saturated carbocycles. The average Bonchev–Trinajstić information content (AvgIpc) is 2.65. The van der Waals surface area contributed by atoms with Crippen LogP contribution in [0.1, 0.15) is 12.0 Å². The summed E-state index contributed by atoms with van der Waals surface area (Å²) in [7, 11) is 0. The Bertz CT molecular complexity index is 373. The number of likely N-dealkylation sites (tertiary alicyclic amines) is 1. The standard InChI is InChI=1S/C14H21NO3/c1-11-4-2-5-12(8-11)18-7-3-6-15-9-13(16)14(17)10-15/h2,4-5,8,13-14,16-17H,3,6-7,9-10H2,1H3. The molecule has 18 heavy (non-hydrogen) atoms. The first kappa shape index (κ1) is 13.3. The molecular weight excluding hydrogens is 230 g/mol. The van der Waals surface area contributed by atoms with E-state index >= 15 is 0 Å². The molecule has 4 nitrogen and oxygen atoms in total. The lowest BCUT2D eigenvalue weighted by Crippen LogP contribution is -2.24. The second kappa shape index (κ2) is 6.18. The van der Waals surface area contributed by atoms with Crippen LogP contribution in [0.25, 0.3) is 0 Å². The number of nitrogens with zero attached hydrogens (tertiary/aromatic N) is 1. The highest BCUT2D eigenvalue weighted by atomic mass is 16.5. The number of rotatable bonds is 5. The van der Waals surface area contributed by atoms with Gasteiger partial charge in [-0.25, -0.2) is 0 Å². The predicted octanol–water partition coefficient (Wildman–Crippen LogP) is 0.801. The van der Waals surface area contributed by atoms with Crippen LogP contribution in [0.2, 0.25) is 0 Å². The number of benzene rings is 1. The zero-order valence-corrected chi connectivity index (χ0v) is 10.7. The van der Waals surface area contributed by atoms with E-state index in [1.165, 1.54) is 5.56 Å². The molecule has 2 unspecified atom stereocenters. The van der Waals surface area contributed by atoms with Crippen molar-refractivity contribution in [1.82, 2.24) is 4.90 Å². The van der Waals surface area contributed by atoms with Crippen LogP contribution in [0.3, 0.4) is 0 Å². The van der Waals surface area contributed by atoms with Crippen LogP contribution < -0.4 is 4.74 Å². The number of ether oxygens (including phenoxy) is 1. The molecule has 1 aliphatic heterocycles. The smallest absolute Gasteiger partial charge is 0.119 e. The predicted molar refractivity (Wildman–Crippen MR) is 69.7 cm³/mol. The van der Waals surface area contributed by atoms with Crippen LogP contribution in [-0.4, -0.2) is 53.6 Å². The van der Waals surface area contributed by atoms with E-state index in [4.69, 9.17) is 4.74 Å². The maximum absolute atomic E-state index is 9.41. The van der Waals surface area contributed by atoms with Crippen molar-refractivity contribution in [1.29, 1.82) is 0 Å². The van der Waals surface area contributed by atoms with Gasteiger partial charge in [-0.05, 0) is 31.0 Å². The van der Waals surface area contributed by atoms with Gasteiger partial charge >= 0.3 is 0 Å². The molecule has 1 saturated heterocycles. The fraction of sp³-hybridized carbons (Fsp3) is 0.571. The zero-order valence-electron chi connectivity index (χ0n) is 10.7. The van der Waals surface area contributed by atoms with Crippen LogP contribution >= 0.6 is 0 Å². The Balaban J connectivity index is 1.65. The van der Waals surface area contributed by atoms with Crippen LogP contribution in [0, 0.1) is 6.92 Å². The Morgan fingerprint density at radius 3 is 2.67 bits per heavy atom. The van der Waals surface area contributed by atoms with E-state index in [-0.39, 0.29) is 0 Å². The molecule has 1 aromatic rings. The Morgan fingerprint density at radius 1 is 1.28 bits per heavy atom. The summed E-state index contributed by atoms with van der Waals surface area (Å²) in [6, 6.07) is 8.00. The van der Waals surface area contributed by atoms with Crippen molar-refractivity contribution >= 4 is 0 Å². The molecule has 0 aliphatic carbocycles. The maximum Gasteiger partial charge on any atom is 0.119 e. The molecule has 2 atom stereocenters. The molecule has 2 rings (SSSR count). The fourth-order valence-electron chi connectivity index (χ4n) is 2.21. The summed E-state index contributed by atoms with van der Waals surface area (Å²) in [4.78, 5) is 2.06. The number of aliphatic hydroxyl groups excluding tert-OH is 2. The van der Waals surface area contributed by atoms with Crippen molar-refractivity contribution in [3.05, 3.63) is 29.8 Å². The summed E-state index contributed by atoms with van der Waals surface area (Å²) in [5.41, 5.74) is 1.19. The number of hydrogen-bond acceptors (Lipinski definition) is 4. The van der Waals surface area contributed by atoms with E-state index in [0.29, 0.717) is 19.7 Å². The number of aryl methyl sites for hydroxylation is 1. The molecule has 0 spiro atoms. The van der Waals surface area contributed by atoms with Gasteiger partial charge in [0.15, 0.2) is 0 Å². The molecule has 0 amide bonds. The van der Waals surface area contributed by atoms with Gasteiger partial charge < -0.3 is 14.9 Å². The molecule has 2 N–H and O–H groups in total. The lowest BCUT2D eigenvalue weighted by molar-refractivity contribution is 0.0572. The van der Waals surface area contributed by atoms with Gasteiger partial charge in [0.2, 0.25) is 0 Å². The van der Waals surface area contributed by atoms with Crippen molar-refractivity contribution in [2.24, 2.45) is 0 Å². The van der Waals surface area contributed by atoms with E-state index < -0.39 is 12.2 Å². The highest BCUT2D eigenvalue weighted by Crippen LogP contribution is 2.13.